The molecule has 0 aliphatic rings. The third-order valence-electron chi connectivity index (χ3n) is 2.98. The first-order valence-corrected chi connectivity index (χ1v) is 7.52. The second kappa shape index (κ2) is 8.79. The second-order valence-electron chi connectivity index (χ2n) is 6.14. The van der Waals surface area contributed by atoms with Crippen LogP contribution >= 0.6 is 0 Å². The molecule has 0 aliphatic heterocycles. The van der Waals surface area contributed by atoms with Crippen LogP contribution in [-0.2, 0) is 6.54 Å². The van der Waals surface area contributed by atoms with Gasteiger partial charge in [-0.3, -0.25) is 4.90 Å². The van der Waals surface area contributed by atoms with Crippen LogP contribution in [0.15, 0.2) is 24.3 Å². The van der Waals surface area contributed by atoms with E-state index in [9.17, 15) is 0 Å². The van der Waals surface area contributed by atoms with Gasteiger partial charge in [-0.2, -0.15) is 0 Å². The zero-order valence-electron chi connectivity index (χ0n) is 13.3. The number of nitrogens with zero attached hydrogens (tertiary/aromatic N) is 1. The lowest BCUT2D eigenvalue weighted by atomic mass is 10.1. The van der Waals surface area contributed by atoms with E-state index in [1.165, 1.54) is 5.56 Å². The van der Waals surface area contributed by atoms with Gasteiger partial charge in [0.05, 0.1) is 6.54 Å². The van der Waals surface area contributed by atoms with Gasteiger partial charge in [-0.15, -0.1) is 0 Å². The van der Waals surface area contributed by atoms with Crippen molar-refractivity contribution in [2.75, 3.05) is 19.6 Å². The van der Waals surface area contributed by atoms with Crippen LogP contribution in [0.25, 0.3) is 0 Å². The summed E-state index contributed by atoms with van der Waals surface area (Å²) in [6.07, 6.45) is 0. The molecule has 0 radical (unpaired) electrons. The first-order valence-electron chi connectivity index (χ1n) is 7.52. The van der Waals surface area contributed by atoms with Crippen molar-refractivity contribution in [2.45, 2.75) is 34.2 Å². The summed E-state index contributed by atoms with van der Waals surface area (Å²) >= 11 is 0. The molecule has 20 heavy (non-hydrogen) atoms. The highest BCUT2D eigenvalue weighted by Gasteiger charge is 2.11. The fourth-order valence-corrected chi connectivity index (χ4v) is 2.40. The highest BCUT2D eigenvalue weighted by molar-refractivity contribution is 5.41. The maximum Gasteiger partial charge on any atom is 0.0555 e. The molecule has 0 spiro atoms. The number of rotatable bonds is 6. The van der Waals surface area contributed by atoms with Crippen molar-refractivity contribution < 1.29 is 0 Å². The Bertz CT molecular complexity index is 442. The minimum absolute atomic E-state index is 0.413. The van der Waals surface area contributed by atoms with Gasteiger partial charge in [-0.1, -0.05) is 57.7 Å². The summed E-state index contributed by atoms with van der Waals surface area (Å²) in [6, 6.07) is 8.39. The molecular formula is C18H28N2. The molecule has 0 bridgehead atoms. The number of hydrogen-bond donors (Lipinski definition) is 1. The molecule has 0 atom stereocenters. The van der Waals surface area contributed by atoms with Crippen LogP contribution in [0.5, 0.6) is 0 Å². The Morgan fingerprint density at radius 1 is 1.05 bits per heavy atom. The molecule has 0 saturated heterocycles. The van der Waals surface area contributed by atoms with E-state index in [1.807, 2.05) is 6.07 Å². The third-order valence-corrected chi connectivity index (χ3v) is 2.98. The number of nitrogens with two attached hydrogens (primary N) is 1. The molecule has 0 fully saturated rings. The maximum absolute atomic E-state index is 5.48. The first kappa shape index (κ1) is 16.8. The average Bonchev–Trinajstić information content (AvgIpc) is 2.36. The Kier molecular flexibility index (Phi) is 7.36. The van der Waals surface area contributed by atoms with Gasteiger partial charge in [0.1, 0.15) is 0 Å². The van der Waals surface area contributed by atoms with Crippen molar-refractivity contribution in [3.05, 3.63) is 35.4 Å². The molecule has 0 unspecified atom stereocenters. The average molecular weight is 272 g/mol. The summed E-state index contributed by atoms with van der Waals surface area (Å²) in [7, 11) is 0. The van der Waals surface area contributed by atoms with Crippen LogP contribution in [0.1, 0.15) is 38.8 Å². The van der Waals surface area contributed by atoms with Gasteiger partial charge in [0.2, 0.25) is 0 Å². The van der Waals surface area contributed by atoms with Crippen molar-refractivity contribution in [1.29, 1.82) is 0 Å². The van der Waals surface area contributed by atoms with E-state index in [-0.39, 0.29) is 0 Å². The molecule has 0 aliphatic carbocycles. The first-order chi connectivity index (χ1) is 9.52. The van der Waals surface area contributed by atoms with Gasteiger partial charge in [0, 0.05) is 25.2 Å². The molecule has 110 valence electrons. The topological polar surface area (TPSA) is 29.3 Å². The van der Waals surface area contributed by atoms with Gasteiger partial charge in [-0.25, -0.2) is 0 Å². The molecule has 1 aromatic rings. The van der Waals surface area contributed by atoms with Crippen molar-refractivity contribution in [1.82, 2.24) is 4.90 Å². The molecule has 1 aromatic carbocycles. The quantitative estimate of drug-likeness (QED) is 0.806. The van der Waals surface area contributed by atoms with Gasteiger partial charge >= 0.3 is 0 Å². The highest BCUT2D eigenvalue weighted by atomic mass is 15.1. The molecular weight excluding hydrogens is 244 g/mol. The minimum atomic E-state index is 0.413. The molecule has 0 aromatic heterocycles. The molecule has 0 saturated carbocycles. The van der Waals surface area contributed by atoms with E-state index in [4.69, 9.17) is 5.73 Å². The van der Waals surface area contributed by atoms with E-state index < -0.39 is 0 Å². The monoisotopic (exact) mass is 272 g/mol. The summed E-state index contributed by atoms with van der Waals surface area (Å²) in [5.74, 6) is 7.50. The van der Waals surface area contributed by atoms with E-state index in [0.29, 0.717) is 18.4 Å². The zero-order valence-corrected chi connectivity index (χ0v) is 13.3. The van der Waals surface area contributed by atoms with Crippen LogP contribution in [-0.4, -0.2) is 24.5 Å². The number of hydrogen-bond acceptors (Lipinski definition) is 2. The van der Waals surface area contributed by atoms with Crippen LogP contribution in [0.2, 0.25) is 0 Å². The van der Waals surface area contributed by atoms with E-state index in [0.717, 1.165) is 25.2 Å². The lowest BCUT2D eigenvalue weighted by Gasteiger charge is -2.26. The summed E-state index contributed by atoms with van der Waals surface area (Å²) < 4.78 is 0. The van der Waals surface area contributed by atoms with Gasteiger partial charge < -0.3 is 5.73 Å². The van der Waals surface area contributed by atoms with Crippen molar-refractivity contribution in [2.24, 2.45) is 17.6 Å². The SMILES string of the molecule is CC(C)CN(Cc1ccccc1C#CCN)CC(C)C. The fraction of sp³-hybridized carbons (Fsp3) is 0.556. The van der Waals surface area contributed by atoms with Gasteiger partial charge in [0.15, 0.2) is 0 Å². The van der Waals surface area contributed by atoms with Crippen LogP contribution < -0.4 is 5.73 Å². The predicted octanol–water partition coefficient (Wildman–Crippen LogP) is 3.11. The minimum Gasteiger partial charge on any atom is -0.320 e. The van der Waals surface area contributed by atoms with Crippen LogP contribution in [0.3, 0.4) is 0 Å². The van der Waals surface area contributed by atoms with Gasteiger partial charge in [-0.05, 0) is 23.5 Å². The maximum atomic E-state index is 5.48. The van der Waals surface area contributed by atoms with E-state index in [2.05, 4.69) is 62.6 Å². The van der Waals surface area contributed by atoms with Crippen LogP contribution in [0.4, 0.5) is 0 Å². The summed E-state index contributed by atoms with van der Waals surface area (Å²) in [4.78, 5) is 2.53. The highest BCUT2D eigenvalue weighted by Crippen LogP contribution is 2.13. The van der Waals surface area contributed by atoms with E-state index >= 15 is 0 Å². The van der Waals surface area contributed by atoms with Crippen molar-refractivity contribution >= 4 is 0 Å². The molecule has 2 heteroatoms. The molecule has 0 heterocycles. The molecule has 0 amide bonds. The fourth-order valence-electron chi connectivity index (χ4n) is 2.40. The zero-order chi connectivity index (χ0) is 15.0. The Morgan fingerprint density at radius 2 is 1.65 bits per heavy atom. The lowest BCUT2D eigenvalue weighted by Crippen LogP contribution is -2.31. The van der Waals surface area contributed by atoms with Gasteiger partial charge in [0.25, 0.3) is 0 Å². The normalized spacial score (nSPS) is 11.0. The Balaban J connectivity index is 2.86. The smallest absolute Gasteiger partial charge is 0.0555 e. The molecule has 1 rings (SSSR count). The Hall–Kier alpha value is -1.30. The molecule has 2 nitrogen and oxygen atoms in total. The summed E-state index contributed by atoms with van der Waals surface area (Å²) in [5, 5.41) is 0. The second-order valence-corrected chi connectivity index (χ2v) is 6.14. The molecule has 2 N–H and O–H groups in total. The van der Waals surface area contributed by atoms with E-state index in [1.54, 1.807) is 0 Å². The lowest BCUT2D eigenvalue weighted by molar-refractivity contribution is 0.211. The van der Waals surface area contributed by atoms with Crippen LogP contribution in [0, 0.1) is 23.7 Å². The largest absolute Gasteiger partial charge is 0.320 e. The Labute approximate surface area is 124 Å². The Morgan fingerprint density at radius 3 is 2.20 bits per heavy atom. The van der Waals surface area contributed by atoms with Crippen molar-refractivity contribution in [3.63, 3.8) is 0 Å². The predicted molar refractivity (Wildman–Crippen MR) is 87.3 cm³/mol. The third kappa shape index (κ3) is 6.23. The number of benzene rings is 1. The summed E-state index contributed by atoms with van der Waals surface area (Å²) in [5.41, 5.74) is 7.88. The summed E-state index contributed by atoms with van der Waals surface area (Å²) in [6.45, 7) is 12.7. The standard InChI is InChI=1S/C18H28N2/c1-15(2)12-20(13-16(3)4)14-18-9-6-5-8-17(18)10-7-11-19/h5-6,8-9,15-16H,11-14,19H2,1-4H3. The van der Waals surface area contributed by atoms with Crippen molar-refractivity contribution in [3.8, 4) is 11.8 Å².